The van der Waals surface area contributed by atoms with Crippen molar-refractivity contribution in [3.8, 4) is 0 Å². The normalized spacial score (nSPS) is 10.5. The molecule has 0 atom stereocenters. The summed E-state index contributed by atoms with van der Waals surface area (Å²) in [5, 5.41) is 9.07. The first-order valence-corrected chi connectivity index (χ1v) is 5.04. The summed E-state index contributed by atoms with van der Waals surface area (Å²) in [5.41, 5.74) is 2.17. The summed E-state index contributed by atoms with van der Waals surface area (Å²) in [7, 11) is 0. The molecule has 0 radical (unpaired) electrons. The van der Waals surface area contributed by atoms with Crippen molar-refractivity contribution in [2.24, 2.45) is 0 Å². The summed E-state index contributed by atoms with van der Waals surface area (Å²) in [5.74, 6) is 0. The van der Waals surface area contributed by atoms with E-state index in [0.717, 1.165) is 18.7 Å². The minimum atomic E-state index is 0.0973. The first-order chi connectivity index (χ1) is 7.40. The molecule has 2 aromatic rings. The Labute approximate surface area is 89.0 Å². The van der Waals surface area contributed by atoms with E-state index in [1.807, 2.05) is 30.6 Å². The number of pyridine rings is 1. The second-order valence-electron chi connectivity index (χ2n) is 3.46. The molecule has 0 aliphatic heterocycles. The van der Waals surface area contributed by atoms with Gasteiger partial charge >= 0.3 is 0 Å². The minimum absolute atomic E-state index is 0.0973. The maximum Gasteiger partial charge on any atom is 0.0832 e. The summed E-state index contributed by atoms with van der Waals surface area (Å²) in [6, 6.07) is 7.89. The van der Waals surface area contributed by atoms with Crippen molar-refractivity contribution in [1.82, 2.24) is 9.55 Å². The topological polar surface area (TPSA) is 38.0 Å². The Bertz CT molecular complexity index is 409. The molecule has 78 valence electrons. The molecule has 0 unspecified atom stereocenters. The fourth-order valence-electron chi connectivity index (χ4n) is 1.61. The smallest absolute Gasteiger partial charge is 0.0832 e. The van der Waals surface area contributed by atoms with Crippen molar-refractivity contribution in [3.05, 3.63) is 54.1 Å². The van der Waals surface area contributed by atoms with Gasteiger partial charge in [-0.2, -0.15) is 0 Å². The fraction of sp³-hybridized carbons (Fsp3) is 0.250. The number of hydrogen-bond acceptors (Lipinski definition) is 2. The van der Waals surface area contributed by atoms with Crippen molar-refractivity contribution in [2.75, 3.05) is 0 Å². The molecule has 2 heterocycles. The van der Waals surface area contributed by atoms with Crippen LogP contribution in [0.15, 0.2) is 42.9 Å². The summed E-state index contributed by atoms with van der Waals surface area (Å²) in [6.07, 6.45) is 6.58. The highest BCUT2D eigenvalue weighted by Gasteiger charge is 1.99. The van der Waals surface area contributed by atoms with Crippen LogP contribution in [0.5, 0.6) is 0 Å². The van der Waals surface area contributed by atoms with Gasteiger partial charge in [0.2, 0.25) is 0 Å². The van der Waals surface area contributed by atoms with Crippen molar-refractivity contribution < 1.29 is 5.11 Å². The molecule has 0 amide bonds. The molecular weight excluding hydrogens is 188 g/mol. The van der Waals surface area contributed by atoms with Crippen LogP contribution in [0, 0.1) is 0 Å². The highest BCUT2D eigenvalue weighted by Crippen LogP contribution is 2.05. The van der Waals surface area contributed by atoms with Crippen molar-refractivity contribution in [2.45, 2.75) is 19.6 Å². The Kier molecular flexibility index (Phi) is 3.15. The standard InChI is InChI=1S/C12H14N2O/c15-10-12-4-2-7-14(12)8-5-11-3-1-6-13-9-11/h1-4,6-7,9,15H,5,8,10H2. The number of nitrogens with zero attached hydrogens (tertiary/aromatic N) is 2. The predicted molar refractivity (Wildman–Crippen MR) is 58.3 cm³/mol. The zero-order valence-electron chi connectivity index (χ0n) is 8.50. The third-order valence-corrected chi connectivity index (χ3v) is 2.45. The molecule has 2 rings (SSSR count). The lowest BCUT2D eigenvalue weighted by molar-refractivity contribution is 0.270. The van der Waals surface area contributed by atoms with Gasteiger partial charge in [0.05, 0.1) is 6.61 Å². The van der Waals surface area contributed by atoms with Gasteiger partial charge in [-0.25, -0.2) is 0 Å². The van der Waals surface area contributed by atoms with Crippen LogP contribution < -0.4 is 0 Å². The van der Waals surface area contributed by atoms with Gasteiger partial charge in [0.1, 0.15) is 0 Å². The molecule has 0 aliphatic carbocycles. The van der Waals surface area contributed by atoms with Crippen molar-refractivity contribution in [1.29, 1.82) is 0 Å². The van der Waals surface area contributed by atoms with E-state index < -0.39 is 0 Å². The van der Waals surface area contributed by atoms with Crippen LogP contribution in [0.2, 0.25) is 0 Å². The monoisotopic (exact) mass is 202 g/mol. The van der Waals surface area contributed by atoms with E-state index >= 15 is 0 Å². The zero-order valence-corrected chi connectivity index (χ0v) is 8.50. The third-order valence-electron chi connectivity index (χ3n) is 2.45. The summed E-state index contributed by atoms with van der Waals surface area (Å²) >= 11 is 0. The number of hydrogen-bond donors (Lipinski definition) is 1. The minimum Gasteiger partial charge on any atom is -0.390 e. The Morgan fingerprint density at radius 3 is 2.93 bits per heavy atom. The number of rotatable bonds is 4. The van der Waals surface area contributed by atoms with Crippen molar-refractivity contribution >= 4 is 0 Å². The number of aliphatic hydroxyl groups excluding tert-OH is 1. The molecule has 0 aromatic carbocycles. The van der Waals surface area contributed by atoms with Gasteiger partial charge in [-0.3, -0.25) is 4.98 Å². The highest BCUT2D eigenvalue weighted by molar-refractivity contribution is 5.10. The molecule has 0 saturated heterocycles. The number of aromatic nitrogens is 2. The maximum atomic E-state index is 9.07. The van der Waals surface area contributed by atoms with Crippen LogP contribution in [0.4, 0.5) is 0 Å². The van der Waals surface area contributed by atoms with E-state index in [9.17, 15) is 0 Å². The average Bonchev–Trinajstić information content (AvgIpc) is 2.75. The van der Waals surface area contributed by atoms with Gasteiger partial charge in [0.15, 0.2) is 0 Å². The molecule has 1 N–H and O–H groups in total. The lowest BCUT2D eigenvalue weighted by Crippen LogP contribution is -2.04. The first-order valence-electron chi connectivity index (χ1n) is 5.04. The van der Waals surface area contributed by atoms with Crippen molar-refractivity contribution in [3.63, 3.8) is 0 Å². The average molecular weight is 202 g/mol. The van der Waals surface area contributed by atoms with E-state index in [-0.39, 0.29) is 6.61 Å². The van der Waals surface area contributed by atoms with Crippen LogP contribution in [-0.4, -0.2) is 14.7 Å². The van der Waals surface area contributed by atoms with E-state index in [1.165, 1.54) is 5.56 Å². The molecule has 15 heavy (non-hydrogen) atoms. The van der Waals surface area contributed by atoms with Crippen LogP contribution >= 0.6 is 0 Å². The summed E-state index contributed by atoms with van der Waals surface area (Å²) in [4.78, 5) is 4.07. The van der Waals surface area contributed by atoms with E-state index in [2.05, 4.69) is 15.6 Å². The molecular formula is C12H14N2O. The van der Waals surface area contributed by atoms with E-state index in [4.69, 9.17) is 5.11 Å². The maximum absolute atomic E-state index is 9.07. The van der Waals surface area contributed by atoms with Gasteiger partial charge in [0.25, 0.3) is 0 Å². The van der Waals surface area contributed by atoms with E-state index in [0.29, 0.717) is 0 Å². The van der Waals surface area contributed by atoms with Gasteiger partial charge < -0.3 is 9.67 Å². The zero-order chi connectivity index (χ0) is 10.5. The first kappa shape index (κ1) is 9.93. The Morgan fingerprint density at radius 2 is 2.20 bits per heavy atom. The van der Waals surface area contributed by atoms with Gasteiger partial charge in [-0.1, -0.05) is 6.07 Å². The largest absolute Gasteiger partial charge is 0.390 e. The number of aryl methyl sites for hydroxylation is 2. The fourth-order valence-corrected chi connectivity index (χ4v) is 1.61. The molecule has 0 saturated carbocycles. The number of aliphatic hydroxyl groups is 1. The Balaban J connectivity index is 1.99. The molecule has 0 aliphatic rings. The van der Waals surface area contributed by atoms with Crippen LogP contribution in [0.25, 0.3) is 0 Å². The lowest BCUT2D eigenvalue weighted by atomic mass is 10.2. The lowest BCUT2D eigenvalue weighted by Gasteiger charge is -2.06. The molecule has 0 bridgehead atoms. The Morgan fingerprint density at radius 1 is 1.27 bits per heavy atom. The van der Waals surface area contributed by atoms with Crippen LogP contribution in [0.1, 0.15) is 11.3 Å². The summed E-state index contributed by atoms with van der Waals surface area (Å²) in [6.45, 7) is 0.981. The molecule has 2 aromatic heterocycles. The van der Waals surface area contributed by atoms with Gasteiger partial charge in [-0.15, -0.1) is 0 Å². The summed E-state index contributed by atoms with van der Waals surface area (Å²) < 4.78 is 2.06. The SMILES string of the molecule is OCc1cccn1CCc1cccnc1. The second kappa shape index (κ2) is 4.75. The predicted octanol–water partition coefficient (Wildman–Crippen LogP) is 1.62. The quantitative estimate of drug-likeness (QED) is 0.818. The van der Waals surface area contributed by atoms with Gasteiger partial charge in [-0.05, 0) is 30.2 Å². The molecule has 3 nitrogen and oxygen atoms in total. The molecule has 3 heteroatoms. The van der Waals surface area contributed by atoms with Crippen LogP contribution in [-0.2, 0) is 19.6 Å². The Hall–Kier alpha value is -1.61. The third kappa shape index (κ3) is 2.44. The molecule has 0 spiro atoms. The highest BCUT2D eigenvalue weighted by atomic mass is 16.3. The molecule has 0 fully saturated rings. The van der Waals surface area contributed by atoms with E-state index in [1.54, 1.807) is 6.20 Å². The van der Waals surface area contributed by atoms with Crippen LogP contribution in [0.3, 0.4) is 0 Å². The second-order valence-corrected chi connectivity index (χ2v) is 3.46. The van der Waals surface area contributed by atoms with Gasteiger partial charge in [0, 0.05) is 30.8 Å².